The lowest BCUT2D eigenvalue weighted by Crippen LogP contribution is -2.31. The normalized spacial score (nSPS) is 16.2. The number of ketones is 1. The second-order valence-electron chi connectivity index (χ2n) is 8.20. The van der Waals surface area contributed by atoms with E-state index in [1.54, 1.807) is 30.3 Å². The SMILES string of the molecule is Cc1ccccc1C1C(C(=O)c2ccco2)=C(O)C(=O)N1c1ccc(OCC(C)C)cc1. The maximum absolute atomic E-state index is 13.2. The number of furan rings is 1. The molecule has 0 spiro atoms. The van der Waals surface area contributed by atoms with Crippen molar-refractivity contribution in [3.8, 4) is 5.75 Å². The van der Waals surface area contributed by atoms with Crippen LogP contribution in [0.2, 0.25) is 0 Å². The van der Waals surface area contributed by atoms with E-state index < -0.39 is 23.5 Å². The second kappa shape index (κ2) is 8.75. The minimum atomic E-state index is -0.788. The van der Waals surface area contributed by atoms with Crippen LogP contribution < -0.4 is 9.64 Å². The highest BCUT2D eigenvalue weighted by atomic mass is 16.5. The van der Waals surface area contributed by atoms with Gasteiger partial charge in [-0.25, -0.2) is 0 Å². The van der Waals surface area contributed by atoms with Crippen molar-refractivity contribution in [1.29, 1.82) is 0 Å². The van der Waals surface area contributed by atoms with Crippen LogP contribution in [0.5, 0.6) is 5.75 Å². The molecule has 2 aromatic carbocycles. The highest BCUT2D eigenvalue weighted by Crippen LogP contribution is 2.43. The molecular formula is C26H25NO5. The van der Waals surface area contributed by atoms with Crippen LogP contribution in [-0.4, -0.2) is 23.4 Å². The monoisotopic (exact) mass is 431 g/mol. The van der Waals surface area contributed by atoms with Gasteiger partial charge in [-0.15, -0.1) is 0 Å². The number of ether oxygens (including phenoxy) is 1. The summed E-state index contributed by atoms with van der Waals surface area (Å²) in [4.78, 5) is 27.9. The number of anilines is 1. The van der Waals surface area contributed by atoms with E-state index in [4.69, 9.17) is 9.15 Å². The maximum atomic E-state index is 13.2. The summed E-state index contributed by atoms with van der Waals surface area (Å²) >= 11 is 0. The number of carbonyl (C=O) groups is 2. The van der Waals surface area contributed by atoms with Gasteiger partial charge in [0.15, 0.2) is 11.5 Å². The molecule has 164 valence electrons. The van der Waals surface area contributed by atoms with E-state index in [1.165, 1.54) is 17.2 Å². The van der Waals surface area contributed by atoms with Crippen LogP contribution >= 0.6 is 0 Å². The molecular weight excluding hydrogens is 406 g/mol. The zero-order chi connectivity index (χ0) is 22.8. The molecule has 32 heavy (non-hydrogen) atoms. The third-order valence-electron chi connectivity index (χ3n) is 5.38. The topological polar surface area (TPSA) is 80.0 Å². The molecule has 1 atom stereocenters. The summed E-state index contributed by atoms with van der Waals surface area (Å²) in [7, 11) is 0. The number of aliphatic hydroxyl groups excluding tert-OH is 1. The number of hydrogen-bond acceptors (Lipinski definition) is 5. The Balaban J connectivity index is 1.77. The summed E-state index contributed by atoms with van der Waals surface area (Å²) in [5.74, 6) is -0.586. The summed E-state index contributed by atoms with van der Waals surface area (Å²) in [6.07, 6.45) is 1.39. The van der Waals surface area contributed by atoms with Crippen molar-refractivity contribution in [2.45, 2.75) is 26.8 Å². The molecule has 0 bridgehead atoms. The van der Waals surface area contributed by atoms with Crippen LogP contribution in [0.3, 0.4) is 0 Å². The van der Waals surface area contributed by atoms with E-state index in [2.05, 4.69) is 13.8 Å². The summed E-state index contributed by atoms with van der Waals surface area (Å²) in [5, 5.41) is 10.8. The van der Waals surface area contributed by atoms with Gasteiger partial charge in [0.1, 0.15) is 5.75 Å². The molecule has 3 aromatic rings. The largest absolute Gasteiger partial charge is 0.503 e. The summed E-state index contributed by atoms with van der Waals surface area (Å²) in [5.41, 5.74) is 2.19. The third-order valence-corrected chi connectivity index (χ3v) is 5.38. The van der Waals surface area contributed by atoms with E-state index >= 15 is 0 Å². The summed E-state index contributed by atoms with van der Waals surface area (Å²) < 4.78 is 11.0. The molecule has 0 saturated heterocycles. The highest BCUT2D eigenvalue weighted by molar-refractivity contribution is 6.20. The van der Waals surface area contributed by atoms with Crippen molar-refractivity contribution in [3.63, 3.8) is 0 Å². The Morgan fingerprint density at radius 1 is 1.09 bits per heavy atom. The van der Waals surface area contributed by atoms with Gasteiger partial charge < -0.3 is 14.3 Å². The van der Waals surface area contributed by atoms with Crippen LogP contribution in [0.25, 0.3) is 0 Å². The van der Waals surface area contributed by atoms with Crippen LogP contribution in [-0.2, 0) is 4.79 Å². The molecule has 0 fully saturated rings. The number of benzene rings is 2. The van der Waals surface area contributed by atoms with Crippen LogP contribution in [0.4, 0.5) is 5.69 Å². The molecule has 1 aliphatic heterocycles. The number of carbonyl (C=O) groups excluding carboxylic acids is 2. The van der Waals surface area contributed by atoms with Gasteiger partial charge in [0.25, 0.3) is 5.91 Å². The molecule has 6 heteroatoms. The number of aliphatic hydroxyl groups is 1. The van der Waals surface area contributed by atoms with E-state index in [0.29, 0.717) is 24.0 Å². The van der Waals surface area contributed by atoms with Gasteiger partial charge in [-0.3, -0.25) is 14.5 Å². The zero-order valence-corrected chi connectivity index (χ0v) is 18.2. The molecule has 1 aliphatic rings. The fourth-order valence-electron chi connectivity index (χ4n) is 3.80. The standard InChI is InChI=1S/C26H25NO5/c1-16(2)15-32-19-12-10-18(11-13-19)27-23(20-8-5-4-7-17(20)3)22(25(29)26(27)30)24(28)21-9-6-14-31-21/h4-14,16,23,29H,15H2,1-3H3. The Labute approximate surface area is 186 Å². The molecule has 0 radical (unpaired) electrons. The van der Waals surface area contributed by atoms with Gasteiger partial charge in [0.05, 0.1) is 24.5 Å². The van der Waals surface area contributed by atoms with E-state index in [1.807, 2.05) is 31.2 Å². The first-order valence-electron chi connectivity index (χ1n) is 10.5. The Hall–Kier alpha value is -3.80. The average molecular weight is 431 g/mol. The number of amides is 1. The molecule has 1 aromatic heterocycles. The maximum Gasteiger partial charge on any atom is 0.294 e. The first-order valence-corrected chi connectivity index (χ1v) is 10.5. The fourth-order valence-corrected chi connectivity index (χ4v) is 3.80. The predicted octanol–water partition coefficient (Wildman–Crippen LogP) is 5.41. The number of nitrogens with zero attached hydrogens (tertiary/aromatic N) is 1. The first kappa shape index (κ1) is 21.4. The molecule has 0 saturated carbocycles. The fraction of sp³-hybridized carbons (Fsp3) is 0.231. The highest BCUT2D eigenvalue weighted by Gasteiger charge is 2.45. The van der Waals surface area contributed by atoms with Gasteiger partial charge in [0, 0.05) is 5.69 Å². The average Bonchev–Trinajstić information content (AvgIpc) is 3.40. The molecule has 0 aliphatic carbocycles. The number of hydrogen-bond donors (Lipinski definition) is 1. The van der Waals surface area contributed by atoms with Gasteiger partial charge in [-0.1, -0.05) is 38.1 Å². The molecule has 4 rings (SSSR count). The van der Waals surface area contributed by atoms with Crippen molar-refractivity contribution >= 4 is 17.4 Å². The van der Waals surface area contributed by atoms with Crippen LogP contribution in [0, 0.1) is 12.8 Å². The van der Waals surface area contributed by atoms with Crippen molar-refractivity contribution in [2.24, 2.45) is 5.92 Å². The Bertz CT molecular complexity index is 1160. The summed E-state index contributed by atoms with van der Waals surface area (Å²) in [6.45, 7) is 6.62. The van der Waals surface area contributed by atoms with Crippen molar-refractivity contribution in [1.82, 2.24) is 0 Å². The van der Waals surface area contributed by atoms with Crippen molar-refractivity contribution in [2.75, 3.05) is 11.5 Å². The molecule has 6 nitrogen and oxygen atoms in total. The van der Waals surface area contributed by atoms with Gasteiger partial charge in [-0.2, -0.15) is 0 Å². The van der Waals surface area contributed by atoms with E-state index in [-0.39, 0.29) is 11.3 Å². The molecule has 2 heterocycles. The van der Waals surface area contributed by atoms with E-state index in [0.717, 1.165) is 11.1 Å². The molecule has 1 unspecified atom stereocenters. The predicted molar refractivity (Wildman–Crippen MR) is 121 cm³/mol. The number of aryl methyl sites for hydroxylation is 1. The second-order valence-corrected chi connectivity index (χ2v) is 8.20. The number of rotatable bonds is 7. The first-order chi connectivity index (χ1) is 15.4. The quantitative estimate of drug-likeness (QED) is 0.506. The van der Waals surface area contributed by atoms with E-state index in [9.17, 15) is 14.7 Å². The lowest BCUT2D eigenvalue weighted by atomic mass is 9.92. The van der Waals surface area contributed by atoms with Gasteiger partial charge in [0.2, 0.25) is 5.78 Å². The number of Topliss-reactive ketones (excluding diaryl/α,β-unsaturated/α-hetero) is 1. The summed E-state index contributed by atoms with van der Waals surface area (Å²) in [6, 6.07) is 16.9. The van der Waals surface area contributed by atoms with Crippen LogP contribution in [0.15, 0.2) is 82.7 Å². The Kier molecular flexibility index (Phi) is 5.86. The molecule has 1 N–H and O–H groups in total. The van der Waals surface area contributed by atoms with Gasteiger partial charge in [-0.05, 0) is 60.4 Å². The van der Waals surface area contributed by atoms with Crippen molar-refractivity contribution in [3.05, 3.63) is 95.1 Å². The Morgan fingerprint density at radius 3 is 2.44 bits per heavy atom. The Morgan fingerprint density at radius 2 is 1.81 bits per heavy atom. The van der Waals surface area contributed by atoms with Crippen molar-refractivity contribution < 1.29 is 23.8 Å². The smallest absolute Gasteiger partial charge is 0.294 e. The minimum Gasteiger partial charge on any atom is -0.503 e. The lowest BCUT2D eigenvalue weighted by Gasteiger charge is -2.28. The third kappa shape index (κ3) is 3.91. The zero-order valence-electron chi connectivity index (χ0n) is 18.2. The van der Waals surface area contributed by atoms with Crippen LogP contribution in [0.1, 0.15) is 41.6 Å². The lowest BCUT2D eigenvalue weighted by molar-refractivity contribution is -0.117. The minimum absolute atomic E-state index is 0.000570. The van der Waals surface area contributed by atoms with Gasteiger partial charge >= 0.3 is 0 Å². The molecule has 1 amide bonds.